The summed E-state index contributed by atoms with van der Waals surface area (Å²) in [6, 6.07) is 13.8. The van der Waals surface area contributed by atoms with Gasteiger partial charge in [0, 0.05) is 10.5 Å². The molecule has 20 heavy (non-hydrogen) atoms. The predicted molar refractivity (Wildman–Crippen MR) is 85.5 cm³/mol. The van der Waals surface area contributed by atoms with Crippen molar-refractivity contribution >= 4 is 15.9 Å². The summed E-state index contributed by atoms with van der Waals surface area (Å²) >= 11 is 3.43. The van der Waals surface area contributed by atoms with Gasteiger partial charge in [0.1, 0.15) is 5.82 Å². The molecule has 0 heterocycles. The van der Waals surface area contributed by atoms with Crippen LogP contribution in [0, 0.1) is 12.7 Å². The van der Waals surface area contributed by atoms with E-state index in [2.05, 4.69) is 52.4 Å². The first-order valence-corrected chi connectivity index (χ1v) is 7.54. The molecule has 0 spiro atoms. The van der Waals surface area contributed by atoms with Crippen LogP contribution in [0.25, 0.3) is 0 Å². The van der Waals surface area contributed by atoms with Crippen molar-refractivity contribution in [2.24, 2.45) is 0 Å². The monoisotopic (exact) mass is 335 g/mol. The van der Waals surface area contributed by atoms with E-state index >= 15 is 0 Å². The molecule has 0 aliphatic heterocycles. The second-order valence-corrected chi connectivity index (χ2v) is 5.97. The summed E-state index contributed by atoms with van der Waals surface area (Å²) < 4.78 is 13.9. The molecule has 0 fully saturated rings. The Balaban J connectivity index is 2.07. The van der Waals surface area contributed by atoms with Crippen LogP contribution >= 0.6 is 15.9 Å². The molecule has 2 rings (SSSR count). The quantitative estimate of drug-likeness (QED) is 0.860. The number of likely N-dealkylation sites (N-methyl/N-ethyl adjacent to an activating group) is 1. The summed E-state index contributed by atoms with van der Waals surface area (Å²) in [7, 11) is 1.97. The van der Waals surface area contributed by atoms with Crippen LogP contribution in [0.2, 0.25) is 0 Å². The molecule has 0 bridgehead atoms. The van der Waals surface area contributed by atoms with Crippen LogP contribution in [-0.4, -0.2) is 13.1 Å². The minimum absolute atomic E-state index is 0.208. The third-order valence-corrected chi connectivity index (χ3v) is 4.23. The van der Waals surface area contributed by atoms with Gasteiger partial charge in [0.2, 0.25) is 0 Å². The highest BCUT2D eigenvalue weighted by molar-refractivity contribution is 9.10. The first kappa shape index (κ1) is 15.2. The maximum Gasteiger partial charge on any atom is 0.124 e. The SMILES string of the molecule is CNC(Cc1ccc(C)cc1)Cc1ccc(F)cc1Br. The van der Waals surface area contributed by atoms with E-state index in [1.807, 2.05) is 13.1 Å². The zero-order chi connectivity index (χ0) is 14.5. The van der Waals surface area contributed by atoms with E-state index < -0.39 is 0 Å². The van der Waals surface area contributed by atoms with E-state index in [-0.39, 0.29) is 5.82 Å². The molecule has 1 nitrogen and oxygen atoms in total. The highest BCUT2D eigenvalue weighted by Gasteiger charge is 2.11. The highest BCUT2D eigenvalue weighted by atomic mass is 79.9. The maximum atomic E-state index is 13.1. The van der Waals surface area contributed by atoms with E-state index in [9.17, 15) is 4.39 Å². The minimum atomic E-state index is -0.208. The zero-order valence-corrected chi connectivity index (χ0v) is 13.4. The van der Waals surface area contributed by atoms with Gasteiger partial charge in [0.15, 0.2) is 0 Å². The van der Waals surface area contributed by atoms with E-state index in [0.29, 0.717) is 6.04 Å². The fraction of sp³-hybridized carbons (Fsp3) is 0.294. The maximum absolute atomic E-state index is 13.1. The smallest absolute Gasteiger partial charge is 0.124 e. The average Bonchev–Trinajstić information content (AvgIpc) is 2.43. The van der Waals surface area contributed by atoms with Crippen LogP contribution in [0.4, 0.5) is 4.39 Å². The van der Waals surface area contributed by atoms with Crippen molar-refractivity contribution in [1.82, 2.24) is 5.32 Å². The van der Waals surface area contributed by atoms with Crippen molar-refractivity contribution in [3.05, 3.63) is 69.4 Å². The Labute approximate surface area is 128 Å². The molecule has 0 saturated heterocycles. The van der Waals surface area contributed by atoms with Crippen molar-refractivity contribution in [3.63, 3.8) is 0 Å². The fourth-order valence-corrected chi connectivity index (χ4v) is 2.75. The molecule has 0 aliphatic carbocycles. The third-order valence-electron chi connectivity index (χ3n) is 3.49. The van der Waals surface area contributed by atoms with E-state index in [1.165, 1.54) is 23.3 Å². The summed E-state index contributed by atoms with van der Waals surface area (Å²) in [5.74, 6) is -0.208. The predicted octanol–water partition coefficient (Wildman–Crippen LogP) is 4.27. The van der Waals surface area contributed by atoms with Crippen LogP contribution in [0.15, 0.2) is 46.9 Å². The highest BCUT2D eigenvalue weighted by Crippen LogP contribution is 2.20. The standard InChI is InChI=1S/C17H19BrFN/c1-12-3-5-13(6-4-12)9-16(20-2)10-14-7-8-15(19)11-17(14)18/h3-8,11,16,20H,9-10H2,1-2H3. The van der Waals surface area contributed by atoms with Crippen molar-refractivity contribution in [2.75, 3.05) is 7.05 Å². The number of aryl methyl sites for hydroxylation is 1. The first-order valence-electron chi connectivity index (χ1n) is 6.75. The van der Waals surface area contributed by atoms with Gasteiger partial charge in [0.05, 0.1) is 0 Å². The molecule has 0 amide bonds. The first-order chi connectivity index (χ1) is 9.58. The molecule has 1 unspecified atom stereocenters. The Morgan fingerprint density at radius 1 is 1.10 bits per heavy atom. The molecule has 1 N–H and O–H groups in total. The molecule has 2 aromatic carbocycles. The lowest BCUT2D eigenvalue weighted by molar-refractivity contribution is 0.554. The van der Waals surface area contributed by atoms with Gasteiger partial charge in [-0.3, -0.25) is 0 Å². The zero-order valence-electron chi connectivity index (χ0n) is 11.8. The molecule has 3 heteroatoms. The largest absolute Gasteiger partial charge is 0.316 e. The van der Waals surface area contributed by atoms with E-state index in [4.69, 9.17) is 0 Å². The molecule has 0 radical (unpaired) electrons. The normalized spacial score (nSPS) is 12.4. The van der Waals surface area contributed by atoms with Crippen molar-refractivity contribution in [3.8, 4) is 0 Å². The Morgan fingerprint density at radius 3 is 2.40 bits per heavy atom. The van der Waals surface area contributed by atoms with Gasteiger partial charge in [-0.2, -0.15) is 0 Å². The summed E-state index contributed by atoms with van der Waals surface area (Å²) in [6.45, 7) is 2.09. The van der Waals surface area contributed by atoms with Crippen LogP contribution in [0.5, 0.6) is 0 Å². The number of rotatable bonds is 5. The number of hydrogen-bond acceptors (Lipinski definition) is 1. The van der Waals surface area contributed by atoms with Gasteiger partial charge < -0.3 is 5.32 Å². The fourth-order valence-electron chi connectivity index (χ4n) is 2.24. The van der Waals surface area contributed by atoms with Gasteiger partial charge in [-0.25, -0.2) is 4.39 Å². The minimum Gasteiger partial charge on any atom is -0.316 e. The molecule has 2 aromatic rings. The van der Waals surface area contributed by atoms with E-state index in [0.717, 1.165) is 22.9 Å². The Morgan fingerprint density at radius 2 is 1.80 bits per heavy atom. The molecule has 0 aromatic heterocycles. The van der Waals surface area contributed by atoms with Gasteiger partial charge >= 0.3 is 0 Å². The van der Waals surface area contributed by atoms with Crippen LogP contribution < -0.4 is 5.32 Å². The molecular weight excluding hydrogens is 317 g/mol. The number of benzene rings is 2. The molecule has 0 saturated carbocycles. The van der Waals surface area contributed by atoms with Crippen LogP contribution in [-0.2, 0) is 12.8 Å². The van der Waals surface area contributed by atoms with Gasteiger partial charge in [-0.05, 0) is 50.1 Å². The second-order valence-electron chi connectivity index (χ2n) is 5.12. The van der Waals surface area contributed by atoms with Crippen molar-refractivity contribution in [2.45, 2.75) is 25.8 Å². The molecule has 1 atom stereocenters. The molecule has 106 valence electrons. The van der Waals surface area contributed by atoms with Gasteiger partial charge in [0.25, 0.3) is 0 Å². The number of halogens is 2. The third kappa shape index (κ3) is 4.15. The number of nitrogens with one attached hydrogen (secondary N) is 1. The van der Waals surface area contributed by atoms with Gasteiger partial charge in [-0.1, -0.05) is 51.8 Å². The van der Waals surface area contributed by atoms with E-state index in [1.54, 1.807) is 0 Å². The average molecular weight is 336 g/mol. The lowest BCUT2D eigenvalue weighted by atomic mass is 9.98. The Bertz CT molecular complexity index is 566. The topological polar surface area (TPSA) is 12.0 Å². The van der Waals surface area contributed by atoms with Crippen LogP contribution in [0.1, 0.15) is 16.7 Å². The second kappa shape index (κ2) is 7.00. The lowest BCUT2D eigenvalue weighted by Crippen LogP contribution is -2.30. The number of hydrogen-bond donors (Lipinski definition) is 1. The van der Waals surface area contributed by atoms with Crippen LogP contribution in [0.3, 0.4) is 0 Å². The molecule has 0 aliphatic rings. The van der Waals surface area contributed by atoms with Gasteiger partial charge in [-0.15, -0.1) is 0 Å². The lowest BCUT2D eigenvalue weighted by Gasteiger charge is -2.17. The summed E-state index contributed by atoms with van der Waals surface area (Å²) in [6.07, 6.45) is 1.83. The summed E-state index contributed by atoms with van der Waals surface area (Å²) in [5, 5.41) is 3.34. The summed E-state index contributed by atoms with van der Waals surface area (Å²) in [5.41, 5.74) is 3.71. The Kier molecular flexibility index (Phi) is 5.32. The summed E-state index contributed by atoms with van der Waals surface area (Å²) in [4.78, 5) is 0. The Hall–Kier alpha value is -1.19. The van der Waals surface area contributed by atoms with Crippen molar-refractivity contribution in [1.29, 1.82) is 0 Å². The molecular formula is C17H19BrFN. The van der Waals surface area contributed by atoms with Crippen molar-refractivity contribution < 1.29 is 4.39 Å².